The molecular formula is C27H24N4O5S. The summed E-state index contributed by atoms with van der Waals surface area (Å²) in [5.74, 6) is 0.765. The van der Waals surface area contributed by atoms with Gasteiger partial charge >= 0.3 is 5.97 Å². The smallest absolute Gasteiger partial charge is 0.339 e. The number of nitrogens with one attached hydrogen (secondary N) is 2. The summed E-state index contributed by atoms with van der Waals surface area (Å²) in [4.78, 5) is 34.3. The molecule has 5 rings (SSSR count). The lowest BCUT2D eigenvalue weighted by molar-refractivity contribution is 0.0602. The average molecular weight is 517 g/mol. The lowest BCUT2D eigenvalue weighted by atomic mass is 10.1. The highest BCUT2D eigenvalue weighted by Crippen LogP contribution is 2.33. The molecule has 4 aromatic rings. The molecule has 2 N–H and O–H groups in total. The van der Waals surface area contributed by atoms with Gasteiger partial charge in [-0.15, -0.1) is 0 Å². The number of nitrogens with zero attached hydrogens (tertiary/aromatic N) is 2. The second-order valence-electron chi connectivity index (χ2n) is 8.39. The monoisotopic (exact) mass is 516 g/mol. The zero-order chi connectivity index (χ0) is 25.8. The maximum Gasteiger partial charge on any atom is 0.339 e. The largest absolute Gasteiger partial charge is 0.486 e. The van der Waals surface area contributed by atoms with Crippen molar-refractivity contribution >= 4 is 39.9 Å². The number of pyridine rings is 2. The molecule has 0 amide bonds. The minimum Gasteiger partial charge on any atom is -0.486 e. The number of anilines is 1. The van der Waals surface area contributed by atoms with Gasteiger partial charge in [0.15, 0.2) is 16.6 Å². The molecule has 9 nitrogen and oxygen atoms in total. The molecule has 0 radical (unpaired) electrons. The lowest BCUT2D eigenvalue weighted by Gasteiger charge is -2.26. The molecule has 0 aliphatic carbocycles. The van der Waals surface area contributed by atoms with Crippen molar-refractivity contribution in [2.75, 3.05) is 25.6 Å². The quantitative estimate of drug-likeness (QED) is 0.292. The van der Waals surface area contributed by atoms with Gasteiger partial charge < -0.3 is 29.4 Å². The maximum atomic E-state index is 13.1. The predicted octanol–water partition coefficient (Wildman–Crippen LogP) is 3.88. The number of carbonyl (C=O) groups is 1. The summed E-state index contributed by atoms with van der Waals surface area (Å²) in [7, 11) is 1.33. The van der Waals surface area contributed by atoms with Crippen LogP contribution in [-0.4, -0.2) is 46.3 Å². The van der Waals surface area contributed by atoms with Gasteiger partial charge in [0.25, 0.3) is 5.56 Å². The van der Waals surface area contributed by atoms with Crippen LogP contribution in [0.1, 0.15) is 21.5 Å². The first kappa shape index (κ1) is 24.3. The minimum atomic E-state index is -0.481. The standard InChI is InChI=1S/C27H24N4O5S/c1-34-26(33)20-6-2-3-7-21(20)30-27(37)31(15-17-5-4-8-28-14-17)16-19-11-18-12-23-24(36-10-9-35-23)13-22(18)29-25(19)32/h2-8,11-14H,9-10,15-16H2,1H3,(H,29,32)(H,30,37). The van der Waals surface area contributed by atoms with Gasteiger partial charge in [0.1, 0.15) is 13.2 Å². The van der Waals surface area contributed by atoms with E-state index in [-0.39, 0.29) is 12.1 Å². The number of para-hydroxylation sites is 1. The van der Waals surface area contributed by atoms with Gasteiger partial charge in [0.2, 0.25) is 0 Å². The van der Waals surface area contributed by atoms with E-state index in [1.165, 1.54) is 7.11 Å². The molecule has 1 aliphatic rings. The van der Waals surface area contributed by atoms with Crippen molar-refractivity contribution in [1.29, 1.82) is 0 Å². The summed E-state index contributed by atoms with van der Waals surface area (Å²) >= 11 is 5.75. The molecule has 0 bridgehead atoms. The van der Waals surface area contributed by atoms with Crippen LogP contribution in [-0.2, 0) is 17.8 Å². The molecule has 0 fully saturated rings. The first-order valence-corrected chi connectivity index (χ1v) is 12.0. The molecule has 1 aliphatic heterocycles. The molecule has 3 heterocycles. The van der Waals surface area contributed by atoms with Gasteiger partial charge in [-0.2, -0.15) is 0 Å². The SMILES string of the molecule is COC(=O)c1ccccc1NC(=S)N(Cc1cccnc1)Cc1cc2cc3c(cc2[nH]c1=O)OCCO3. The third kappa shape index (κ3) is 5.39. The van der Waals surface area contributed by atoms with Gasteiger partial charge in [-0.3, -0.25) is 9.78 Å². The average Bonchev–Trinajstić information content (AvgIpc) is 2.92. The Labute approximate surface area is 218 Å². The van der Waals surface area contributed by atoms with Gasteiger partial charge in [-0.25, -0.2) is 4.79 Å². The van der Waals surface area contributed by atoms with E-state index in [9.17, 15) is 9.59 Å². The highest BCUT2D eigenvalue weighted by atomic mass is 32.1. The van der Waals surface area contributed by atoms with E-state index in [4.69, 9.17) is 26.4 Å². The molecule has 2 aromatic heterocycles. The number of hydrogen-bond donors (Lipinski definition) is 2. The lowest BCUT2D eigenvalue weighted by Crippen LogP contribution is -2.36. The van der Waals surface area contributed by atoms with Crippen LogP contribution in [0.3, 0.4) is 0 Å². The van der Waals surface area contributed by atoms with Gasteiger partial charge in [0.05, 0.1) is 30.4 Å². The Morgan fingerprint density at radius 2 is 1.89 bits per heavy atom. The number of benzene rings is 2. The molecule has 0 saturated heterocycles. The highest BCUT2D eigenvalue weighted by molar-refractivity contribution is 7.80. The Morgan fingerprint density at radius 1 is 1.11 bits per heavy atom. The Balaban J connectivity index is 1.47. The highest BCUT2D eigenvalue weighted by Gasteiger charge is 2.19. The molecule has 0 atom stereocenters. The fourth-order valence-corrected chi connectivity index (χ4v) is 4.34. The molecule has 0 unspecified atom stereocenters. The Hall–Kier alpha value is -4.44. The maximum absolute atomic E-state index is 13.1. The Morgan fingerprint density at radius 3 is 2.65 bits per heavy atom. The molecule has 0 saturated carbocycles. The van der Waals surface area contributed by atoms with Crippen LogP contribution in [0.15, 0.2) is 71.8 Å². The van der Waals surface area contributed by atoms with Crippen molar-refractivity contribution in [1.82, 2.24) is 14.9 Å². The van der Waals surface area contributed by atoms with Crippen LogP contribution < -0.4 is 20.3 Å². The zero-order valence-corrected chi connectivity index (χ0v) is 20.8. The number of ether oxygens (including phenoxy) is 3. The van der Waals surface area contributed by atoms with Crippen molar-refractivity contribution in [2.45, 2.75) is 13.1 Å². The van der Waals surface area contributed by atoms with Gasteiger partial charge in [-0.05, 0) is 48.1 Å². The predicted molar refractivity (Wildman–Crippen MR) is 143 cm³/mol. The van der Waals surface area contributed by atoms with Crippen LogP contribution in [0.2, 0.25) is 0 Å². The normalized spacial score (nSPS) is 12.1. The van der Waals surface area contributed by atoms with E-state index in [1.807, 2.05) is 29.2 Å². The van der Waals surface area contributed by atoms with Crippen molar-refractivity contribution in [3.63, 3.8) is 0 Å². The third-order valence-electron chi connectivity index (χ3n) is 5.90. The molecule has 37 heavy (non-hydrogen) atoms. The van der Waals surface area contributed by atoms with Gasteiger partial charge in [0, 0.05) is 36.0 Å². The van der Waals surface area contributed by atoms with Crippen molar-refractivity contribution in [2.24, 2.45) is 0 Å². The Bertz CT molecular complexity index is 1520. The molecule has 2 aromatic carbocycles. The van der Waals surface area contributed by atoms with E-state index in [0.29, 0.717) is 58.7 Å². The summed E-state index contributed by atoms with van der Waals surface area (Å²) in [6, 6.07) is 16.2. The third-order valence-corrected chi connectivity index (χ3v) is 6.26. The summed E-state index contributed by atoms with van der Waals surface area (Å²) < 4.78 is 16.2. The van der Waals surface area contributed by atoms with E-state index >= 15 is 0 Å². The van der Waals surface area contributed by atoms with Crippen LogP contribution >= 0.6 is 12.2 Å². The number of aromatic amines is 1. The molecular weight excluding hydrogens is 492 g/mol. The van der Waals surface area contributed by atoms with Crippen molar-refractivity contribution < 1.29 is 19.0 Å². The van der Waals surface area contributed by atoms with Crippen LogP contribution in [0.25, 0.3) is 10.9 Å². The van der Waals surface area contributed by atoms with E-state index in [0.717, 1.165) is 10.9 Å². The molecule has 0 spiro atoms. The zero-order valence-electron chi connectivity index (χ0n) is 20.0. The molecule has 10 heteroatoms. The number of rotatable bonds is 6. The summed E-state index contributed by atoms with van der Waals surface area (Å²) in [6.45, 7) is 1.54. The summed E-state index contributed by atoms with van der Waals surface area (Å²) in [6.07, 6.45) is 3.43. The number of carbonyl (C=O) groups excluding carboxylic acids is 1. The topological polar surface area (TPSA) is 106 Å². The summed E-state index contributed by atoms with van der Waals surface area (Å²) in [5, 5.41) is 4.30. The number of aromatic nitrogens is 2. The second-order valence-corrected chi connectivity index (χ2v) is 8.78. The first-order chi connectivity index (χ1) is 18.0. The van der Waals surface area contributed by atoms with Crippen LogP contribution in [0, 0.1) is 0 Å². The van der Waals surface area contributed by atoms with Crippen molar-refractivity contribution in [3.05, 3.63) is 94.0 Å². The Kier molecular flexibility index (Phi) is 7.00. The number of fused-ring (bicyclic) bond motifs is 2. The van der Waals surface area contributed by atoms with E-state index < -0.39 is 5.97 Å². The van der Waals surface area contributed by atoms with Gasteiger partial charge in [-0.1, -0.05) is 18.2 Å². The number of hydrogen-bond acceptors (Lipinski definition) is 7. The van der Waals surface area contributed by atoms with E-state index in [1.54, 1.807) is 42.7 Å². The minimum absolute atomic E-state index is 0.209. The van der Waals surface area contributed by atoms with Crippen LogP contribution in [0.4, 0.5) is 5.69 Å². The number of thiocarbonyl (C=S) groups is 1. The van der Waals surface area contributed by atoms with E-state index in [2.05, 4.69) is 15.3 Å². The fourth-order valence-electron chi connectivity index (χ4n) is 4.10. The molecule has 188 valence electrons. The first-order valence-electron chi connectivity index (χ1n) is 11.6. The summed E-state index contributed by atoms with van der Waals surface area (Å²) in [5.41, 5.74) is 2.70. The van der Waals surface area contributed by atoms with Crippen LogP contribution in [0.5, 0.6) is 11.5 Å². The van der Waals surface area contributed by atoms with Crippen molar-refractivity contribution in [3.8, 4) is 11.5 Å². The second kappa shape index (κ2) is 10.7. The number of esters is 1. The fraction of sp³-hybridized carbons (Fsp3) is 0.185. The number of methoxy groups -OCH3 is 1. The number of H-pyrrole nitrogens is 1.